The van der Waals surface area contributed by atoms with Gasteiger partial charge >= 0.3 is 12.4 Å². The van der Waals surface area contributed by atoms with Gasteiger partial charge in [0.2, 0.25) is 0 Å². The molecule has 0 aliphatic carbocycles. The molecule has 2 rings (SSSR count). The predicted molar refractivity (Wildman–Crippen MR) is 107 cm³/mol. The summed E-state index contributed by atoms with van der Waals surface area (Å²) < 4.78 is 108. The number of hydrogen-bond acceptors (Lipinski definition) is 2. The molecule has 186 valence electrons. The van der Waals surface area contributed by atoms with Gasteiger partial charge in [-0.3, -0.25) is 14.5 Å². The van der Waals surface area contributed by atoms with E-state index in [1.54, 1.807) is 0 Å². The van der Waals surface area contributed by atoms with Crippen molar-refractivity contribution in [2.24, 2.45) is 0 Å². The van der Waals surface area contributed by atoms with Crippen molar-refractivity contribution in [3.05, 3.63) is 70.3 Å². The summed E-state index contributed by atoms with van der Waals surface area (Å²) in [5.41, 5.74) is -5.74. The maximum absolute atomic E-state index is 14.6. The summed E-state index contributed by atoms with van der Waals surface area (Å²) >= 11 is 0. The van der Waals surface area contributed by atoms with E-state index in [0.717, 1.165) is 18.6 Å². The number of halogens is 8. The zero-order chi connectivity index (χ0) is 25.8. The molecule has 0 heterocycles. The van der Waals surface area contributed by atoms with Gasteiger partial charge in [-0.25, -0.2) is 8.78 Å². The van der Waals surface area contributed by atoms with Gasteiger partial charge in [0.15, 0.2) is 0 Å². The third-order valence-corrected chi connectivity index (χ3v) is 5.17. The molecular formula is C23H21F8NO2. The Hall–Kier alpha value is -2.98. The molecule has 0 radical (unpaired) electrons. The number of unbranched alkanes of at least 4 members (excludes halogenated alkanes) is 2. The van der Waals surface area contributed by atoms with Crippen molar-refractivity contribution >= 4 is 11.8 Å². The lowest BCUT2D eigenvalue weighted by Crippen LogP contribution is -2.44. The van der Waals surface area contributed by atoms with Crippen molar-refractivity contribution < 1.29 is 44.7 Å². The van der Waals surface area contributed by atoms with Crippen LogP contribution in [-0.2, 0) is 12.4 Å². The van der Waals surface area contributed by atoms with Gasteiger partial charge in [-0.2, -0.15) is 26.3 Å². The smallest absolute Gasteiger partial charge is 0.271 e. The minimum atomic E-state index is -5.14. The minimum absolute atomic E-state index is 0.118. The van der Waals surface area contributed by atoms with E-state index >= 15 is 0 Å². The summed E-state index contributed by atoms with van der Waals surface area (Å²) in [6.45, 7) is 3.18. The monoisotopic (exact) mass is 495 g/mol. The lowest BCUT2D eigenvalue weighted by molar-refractivity contribution is -0.140. The van der Waals surface area contributed by atoms with Gasteiger partial charge in [0.05, 0.1) is 22.3 Å². The number of imide groups is 1. The second-order valence-electron chi connectivity index (χ2n) is 7.65. The third kappa shape index (κ3) is 5.92. The summed E-state index contributed by atoms with van der Waals surface area (Å²) in [6.07, 6.45) is -8.34. The highest BCUT2D eigenvalue weighted by atomic mass is 19.4. The molecule has 0 bridgehead atoms. The van der Waals surface area contributed by atoms with E-state index in [0.29, 0.717) is 42.0 Å². The number of rotatable bonds is 7. The Balaban J connectivity index is 2.60. The fraction of sp³-hybridized carbons (Fsp3) is 0.391. The fourth-order valence-corrected chi connectivity index (χ4v) is 3.40. The topological polar surface area (TPSA) is 37.4 Å². The Morgan fingerprint density at radius 3 is 1.56 bits per heavy atom. The molecule has 0 saturated carbocycles. The molecule has 0 aliphatic heterocycles. The normalized spacial score (nSPS) is 13.0. The van der Waals surface area contributed by atoms with Crippen LogP contribution in [0.15, 0.2) is 36.4 Å². The lowest BCUT2D eigenvalue weighted by Gasteiger charge is -2.28. The van der Waals surface area contributed by atoms with Gasteiger partial charge in [-0.15, -0.1) is 0 Å². The van der Waals surface area contributed by atoms with Gasteiger partial charge in [0.25, 0.3) is 11.8 Å². The highest BCUT2D eigenvalue weighted by molar-refractivity contribution is 6.11. The van der Waals surface area contributed by atoms with Gasteiger partial charge < -0.3 is 0 Å². The first kappa shape index (κ1) is 27.3. The van der Waals surface area contributed by atoms with Crippen molar-refractivity contribution in [3.63, 3.8) is 0 Å². The second-order valence-corrected chi connectivity index (χ2v) is 7.65. The van der Waals surface area contributed by atoms with Crippen LogP contribution >= 0.6 is 0 Å². The SMILES string of the molecule is CCCCCC(C)N(C(=O)c1cccc(C(F)(F)F)c1F)C(=O)c1cccc(C(F)(F)F)c1F. The van der Waals surface area contributed by atoms with Crippen LogP contribution in [0.4, 0.5) is 35.1 Å². The molecule has 2 aromatic carbocycles. The van der Waals surface area contributed by atoms with Crippen LogP contribution < -0.4 is 0 Å². The molecule has 0 aromatic heterocycles. The van der Waals surface area contributed by atoms with Gasteiger partial charge in [0, 0.05) is 6.04 Å². The first-order chi connectivity index (χ1) is 15.7. The standard InChI is InChI=1S/C23H21F8NO2/c1-3-4-5-8-13(2)32(20(33)14-9-6-11-16(18(14)24)22(26,27)28)21(34)15-10-7-12-17(19(15)25)23(29,30)31/h6-7,9-13H,3-5,8H2,1-2H3. The number of nitrogens with zero attached hydrogens (tertiary/aromatic N) is 1. The molecular weight excluding hydrogens is 474 g/mol. The molecule has 0 saturated heterocycles. The molecule has 0 N–H and O–H groups in total. The molecule has 2 aromatic rings. The summed E-state index contributed by atoms with van der Waals surface area (Å²) in [5.74, 6) is -6.92. The van der Waals surface area contributed by atoms with Gasteiger partial charge in [0.1, 0.15) is 11.6 Å². The molecule has 0 aliphatic rings. The Kier molecular flexibility index (Phi) is 8.44. The van der Waals surface area contributed by atoms with Crippen LogP contribution in [0.3, 0.4) is 0 Å². The number of carbonyl (C=O) groups is 2. The number of carbonyl (C=O) groups excluding carboxylic acids is 2. The van der Waals surface area contributed by atoms with Gasteiger partial charge in [-0.05, 0) is 37.6 Å². The largest absolute Gasteiger partial charge is 0.419 e. The summed E-state index contributed by atoms with van der Waals surface area (Å²) in [7, 11) is 0. The highest BCUT2D eigenvalue weighted by Gasteiger charge is 2.40. The summed E-state index contributed by atoms with van der Waals surface area (Å²) in [5, 5.41) is 0. The molecule has 1 unspecified atom stereocenters. The first-order valence-corrected chi connectivity index (χ1v) is 10.3. The zero-order valence-electron chi connectivity index (χ0n) is 18.2. The van der Waals surface area contributed by atoms with E-state index in [9.17, 15) is 44.7 Å². The zero-order valence-corrected chi connectivity index (χ0v) is 18.2. The summed E-state index contributed by atoms with van der Waals surface area (Å²) in [6, 6.07) is 2.67. The van der Waals surface area contributed by atoms with E-state index in [2.05, 4.69) is 0 Å². The second kappa shape index (κ2) is 10.5. The van der Waals surface area contributed by atoms with E-state index in [-0.39, 0.29) is 6.42 Å². The molecule has 0 spiro atoms. The first-order valence-electron chi connectivity index (χ1n) is 10.3. The van der Waals surface area contributed by atoms with Crippen LogP contribution in [0.25, 0.3) is 0 Å². The molecule has 2 amide bonds. The van der Waals surface area contributed by atoms with Crippen LogP contribution in [0.2, 0.25) is 0 Å². The van der Waals surface area contributed by atoms with Crippen LogP contribution in [-0.4, -0.2) is 22.8 Å². The van der Waals surface area contributed by atoms with Gasteiger partial charge in [-0.1, -0.05) is 38.3 Å². The van der Waals surface area contributed by atoms with Crippen molar-refractivity contribution in [2.45, 2.75) is 57.9 Å². The third-order valence-electron chi connectivity index (χ3n) is 5.17. The molecule has 11 heteroatoms. The van der Waals surface area contributed by atoms with E-state index in [1.807, 2.05) is 6.92 Å². The van der Waals surface area contributed by atoms with Crippen molar-refractivity contribution in [1.82, 2.24) is 4.90 Å². The van der Waals surface area contributed by atoms with Crippen LogP contribution in [0, 0.1) is 11.6 Å². The molecule has 3 nitrogen and oxygen atoms in total. The Bertz CT molecular complexity index is 971. The number of hydrogen-bond donors (Lipinski definition) is 0. The maximum atomic E-state index is 14.6. The Labute approximate surface area is 190 Å². The number of benzene rings is 2. The number of amides is 2. The predicted octanol–water partition coefficient (Wildman–Crippen LogP) is 7.25. The highest BCUT2D eigenvalue weighted by Crippen LogP contribution is 2.35. The number of alkyl halides is 6. The quantitative estimate of drug-likeness (QED) is 0.231. The van der Waals surface area contributed by atoms with Crippen molar-refractivity contribution in [1.29, 1.82) is 0 Å². The van der Waals surface area contributed by atoms with E-state index in [4.69, 9.17) is 0 Å². The average molecular weight is 495 g/mol. The Morgan fingerprint density at radius 2 is 1.21 bits per heavy atom. The average Bonchev–Trinajstić information content (AvgIpc) is 2.72. The molecule has 0 fully saturated rings. The fourth-order valence-electron chi connectivity index (χ4n) is 3.40. The van der Waals surface area contributed by atoms with E-state index < -0.39 is 64.1 Å². The molecule has 34 heavy (non-hydrogen) atoms. The maximum Gasteiger partial charge on any atom is 0.419 e. The van der Waals surface area contributed by atoms with Crippen LogP contribution in [0.5, 0.6) is 0 Å². The summed E-state index contributed by atoms with van der Waals surface area (Å²) in [4.78, 5) is 26.5. The lowest BCUT2D eigenvalue weighted by atomic mass is 10.0. The van der Waals surface area contributed by atoms with E-state index in [1.165, 1.54) is 6.92 Å². The molecule has 1 atom stereocenters. The van der Waals surface area contributed by atoms with Crippen molar-refractivity contribution in [3.8, 4) is 0 Å². The minimum Gasteiger partial charge on any atom is -0.271 e. The van der Waals surface area contributed by atoms with Crippen molar-refractivity contribution in [2.75, 3.05) is 0 Å². The Morgan fingerprint density at radius 1 is 0.794 bits per heavy atom. The van der Waals surface area contributed by atoms with Crippen LogP contribution in [0.1, 0.15) is 71.4 Å².